The molecule has 1 aromatic heterocycles. The Balaban J connectivity index is 1.46. The zero-order valence-corrected chi connectivity index (χ0v) is 25.3. The molecule has 0 aliphatic carbocycles. The van der Waals surface area contributed by atoms with Gasteiger partial charge in [-0.1, -0.05) is 129 Å². The molecule has 1 aromatic carbocycles. The molecular formula is C35H58N2. The van der Waals surface area contributed by atoms with E-state index in [1.165, 1.54) is 156 Å². The summed E-state index contributed by atoms with van der Waals surface area (Å²) in [6.07, 6.45) is 32.0. The maximum atomic E-state index is 9.64. The highest BCUT2D eigenvalue weighted by Crippen LogP contribution is 2.32. The maximum absolute atomic E-state index is 9.64. The van der Waals surface area contributed by atoms with Gasteiger partial charge in [0, 0.05) is 11.1 Å². The van der Waals surface area contributed by atoms with Crippen molar-refractivity contribution in [2.24, 2.45) is 0 Å². The predicted molar refractivity (Wildman–Crippen MR) is 164 cm³/mol. The lowest BCUT2D eigenvalue weighted by Gasteiger charge is -2.11. The predicted octanol–water partition coefficient (Wildman–Crippen LogP) is 11.6. The topological polar surface area (TPSA) is 28.7 Å². The van der Waals surface area contributed by atoms with Gasteiger partial charge in [0.05, 0.1) is 5.52 Å². The minimum atomic E-state index is 1.08. The molecule has 2 rings (SSSR count). The smallest absolute Gasteiger partial charge is 0.189 e. The summed E-state index contributed by atoms with van der Waals surface area (Å²) in [7, 11) is 0. The summed E-state index contributed by atoms with van der Waals surface area (Å²) < 4.78 is 1.82. The van der Waals surface area contributed by atoms with E-state index >= 15 is 0 Å². The average molecular weight is 507 g/mol. The summed E-state index contributed by atoms with van der Waals surface area (Å²) in [5.74, 6) is 0. The summed E-state index contributed by atoms with van der Waals surface area (Å²) in [4.78, 5) is 0. The van der Waals surface area contributed by atoms with Crippen molar-refractivity contribution < 1.29 is 0 Å². The van der Waals surface area contributed by atoms with E-state index in [4.69, 9.17) is 0 Å². The van der Waals surface area contributed by atoms with Gasteiger partial charge in [-0.25, -0.2) is 0 Å². The number of hydrogen-bond acceptors (Lipinski definition) is 1. The molecule has 0 atom stereocenters. The molecule has 0 radical (unpaired) electrons. The molecule has 0 aliphatic heterocycles. The number of rotatable bonds is 21. The molecule has 1 heterocycles. The lowest BCUT2D eigenvalue weighted by molar-refractivity contribution is 0.521. The van der Waals surface area contributed by atoms with Crippen LogP contribution in [0.2, 0.25) is 0 Å². The number of hydrogen-bond donors (Lipinski definition) is 0. The molecule has 0 amide bonds. The third kappa shape index (κ3) is 10.5. The van der Waals surface area contributed by atoms with E-state index in [0.717, 1.165) is 17.6 Å². The van der Waals surface area contributed by atoms with E-state index in [0.29, 0.717) is 0 Å². The Hall–Kier alpha value is -1.75. The standard InChI is InChI=1S/C35H58N2/c1-6-7-8-9-10-11-12-13-14-15-16-17-18-19-20-21-22-23-24-25-26-33-27-34-35(30(3)29(33)2)31(4)32(5)37(34)28-36/h27H,6-26H2,1-5H3. The molecule has 2 heteroatoms. The molecule has 0 bridgehead atoms. The zero-order chi connectivity index (χ0) is 26.9. The second-order valence-corrected chi connectivity index (χ2v) is 11.8. The van der Waals surface area contributed by atoms with Crippen molar-refractivity contribution in [2.45, 2.75) is 169 Å². The van der Waals surface area contributed by atoms with Crippen LogP contribution in [0.3, 0.4) is 0 Å². The van der Waals surface area contributed by atoms with E-state index < -0.39 is 0 Å². The van der Waals surface area contributed by atoms with Crippen LogP contribution in [-0.4, -0.2) is 4.57 Å². The highest BCUT2D eigenvalue weighted by molar-refractivity contribution is 5.90. The first-order valence-corrected chi connectivity index (χ1v) is 16.0. The molecule has 37 heavy (non-hydrogen) atoms. The van der Waals surface area contributed by atoms with Crippen molar-refractivity contribution in [1.29, 1.82) is 5.26 Å². The first-order valence-electron chi connectivity index (χ1n) is 16.0. The fraction of sp³-hybridized carbons (Fsp3) is 0.743. The number of aryl methyl sites for hydroxylation is 3. The molecule has 0 saturated carbocycles. The summed E-state index contributed by atoms with van der Waals surface area (Å²) in [5, 5.41) is 10.9. The van der Waals surface area contributed by atoms with Crippen LogP contribution in [0.15, 0.2) is 6.07 Å². The Morgan fingerprint density at radius 3 is 1.38 bits per heavy atom. The van der Waals surface area contributed by atoms with Crippen LogP contribution < -0.4 is 0 Å². The number of nitrogens with zero attached hydrogens (tertiary/aromatic N) is 2. The highest BCUT2D eigenvalue weighted by Gasteiger charge is 2.16. The van der Waals surface area contributed by atoms with Gasteiger partial charge in [-0.3, -0.25) is 4.57 Å². The Morgan fingerprint density at radius 1 is 0.568 bits per heavy atom. The fourth-order valence-electron chi connectivity index (χ4n) is 6.10. The van der Waals surface area contributed by atoms with Crippen LogP contribution >= 0.6 is 0 Å². The lowest BCUT2D eigenvalue weighted by atomic mass is 9.94. The molecule has 208 valence electrons. The first kappa shape index (κ1) is 31.5. The summed E-state index contributed by atoms with van der Waals surface area (Å²) in [5.41, 5.74) is 7.64. The molecule has 2 aromatic rings. The monoisotopic (exact) mass is 506 g/mol. The van der Waals surface area contributed by atoms with E-state index in [9.17, 15) is 5.26 Å². The van der Waals surface area contributed by atoms with Gasteiger partial charge in [0.15, 0.2) is 6.19 Å². The van der Waals surface area contributed by atoms with Gasteiger partial charge < -0.3 is 0 Å². The SMILES string of the molecule is CCCCCCCCCCCCCCCCCCCCCCc1cc2c(c(C)c1C)c(C)c(C)n2C#N. The van der Waals surface area contributed by atoms with Gasteiger partial charge in [-0.05, 0) is 68.9 Å². The van der Waals surface area contributed by atoms with E-state index in [2.05, 4.69) is 46.9 Å². The second-order valence-electron chi connectivity index (χ2n) is 11.8. The number of unbranched alkanes of at least 4 members (excludes halogenated alkanes) is 19. The van der Waals surface area contributed by atoms with Gasteiger partial charge in [-0.15, -0.1) is 0 Å². The summed E-state index contributed by atoms with van der Waals surface area (Å²) >= 11 is 0. The Kier molecular flexibility index (Phi) is 15.7. The van der Waals surface area contributed by atoms with Crippen molar-refractivity contribution >= 4 is 10.9 Å². The second kappa shape index (κ2) is 18.5. The summed E-state index contributed by atoms with van der Waals surface area (Å²) in [6.45, 7) is 11.0. The summed E-state index contributed by atoms with van der Waals surface area (Å²) in [6, 6.07) is 2.29. The van der Waals surface area contributed by atoms with Gasteiger partial charge in [0.2, 0.25) is 0 Å². The van der Waals surface area contributed by atoms with Crippen molar-refractivity contribution in [3.63, 3.8) is 0 Å². The Bertz CT molecular complexity index is 943. The van der Waals surface area contributed by atoms with Crippen LogP contribution in [0.25, 0.3) is 10.9 Å². The number of benzene rings is 1. The van der Waals surface area contributed by atoms with Crippen LogP contribution in [-0.2, 0) is 6.42 Å². The quantitative estimate of drug-likeness (QED) is 0.155. The van der Waals surface area contributed by atoms with Gasteiger partial charge in [0.25, 0.3) is 0 Å². The Labute approximate surface area is 230 Å². The third-order valence-electron chi connectivity index (χ3n) is 8.88. The van der Waals surface area contributed by atoms with Gasteiger partial charge >= 0.3 is 0 Å². The van der Waals surface area contributed by atoms with Crippen LogP contribution in [0.4, 0.5) is 0 Å². The van der Waals surface area contributed by atoms with E-state index in [1.54, 1.807) is 0 Å². The maximum Gasteiger partial charge on any atom is 0.189 e. The molecule has 0 fully saturated rings. The van der Waals surface area contributed by atoms with E-state index in [-0.39, 0.29) is 0 Å². The fourth-order valence-corrected chi connectivity index (χ4v) is 6.10. The van der Waals surface area contributed by atoms with E-state index in [1.807, 2.05) is 4.57 Å². The average Bonchev–Trinajstić information content (AvgIpc) is 3.14. The van der Waals surface area contributed by atoms with Gasteiger partial charge in [-0.2, -0.15) is 5.26 Å². The number of fused-ring (bicyclic) bond motifs is 1. The molecule has 0 saturated heterocycles. The first-order chi connectivity index (χ1) is 18.0. The van der Waals surface area contributed by atoms with Crippen LogP contribution in [0, 0.1) is 39.1 Å². The van der Waals surface area contributed by atoms with Crippen LogP contribution in [0.5, 0.6) is 0 Å². The normalized spacial score (nSPS) is 11.5. The molecule has 0 unspecified atom stereocenters. The third-order valence-corrected chi connectivity index (χ3v) is 8.88. The van der Waals surface area contributed by atoms with Crippen molar-refractivity contribution in [3.05, 3.63) is 34.0 Å². The molecule has 2 nitrogen and oxygen atoms in total. The molecular weight excluding hydrogens is 448 g/mol. The minimum Gasteiger partial charge on any atom is -0.251 e. The highest BCUT2D eigenvalue weighted by atomic mass is 15.0. The van der Waals surface area contributed by atoms with Gasteiger partial charge in [0.1, 0.15) is 0 Å². The molecule has 0 spiro atoms. The van der Waals surface area contributed by atoms with Crippen LogP contribution in [0.1, 0.15) is 163 Å². The zero-order valence-electron chi connectivity index (χ0n) is 25.3. The van der Waals surface area contributed by atoms with Crippen molar-refractivity contribution in [2.75, 3.05) is 0 Å². The largest absolute Gasteiger partial charge is 0.251 e. The molecule has 0 N–H and O–H groups in total. The van der Waals surface area contributed by atoms with Crippen molar-refractivity contribution in [1.82, 2.24) is 4.57 Å². The molecule has 0 aliphatic rings. The Morgan fingerprint density at radius 2 is 0.973 bits per heavy atom. The minimum absolute atomic E-state index is 1.08. The number of aromatic nitrogens is 1. The number of nitriles is 1. The lowest BCUT2D eigenvalue weighted by Crippen LogP contribution is -1.97. The van der Waals surface area contributed by atoms with Crippen molar-refractivity contribution in [3.8, 4) is 6.19 Å².